The number of hydrogen-bond acceptors (Lipinski definition) is 3. The average Bonchev–Trinajstić information content (AvgIpc) is 2.69. The highest BCUT2D eigenvalue weighted by molar-refractivity contribution is 7.93. The molecule has 0 aliphatic carbocycles. The fraction of sp³-hybridized carbons (Fsp3) is 0.0952. The first kappa shape index (κ1) is 20.7. The molecule has 0 atom stereocenters. The van der Waals surface area contributed by atoms with E-state index < -0.39 is 16.1 Å². The van der Waals surface area contributed by atoms with Crippen LogP contribution in [0.5, 0.6) is 0 Å². The molecule has 2 amide bonds. The average molecular weight is 430 g/mol. The number of carbonyl (C=O) groups excluding carboxylic acids is 1. The Morgan fingerprint density at radius 3 is 2.31 bits per heavy atom. The van der Waals surface area contributed by atoms with Crippen molar-refractivity contribution in [1.82, 2.24) is 0 Å². The Balaban J connectivity index is 1.89. The monoisotopic (exact) mass is 429 g/mol. The summed E-state index contributed by atoms with van der Waals surface area (Å²) in [7, 11) is -3.89. The first-order chi connectivity index (χ1) is 13.9. The van der Waals surface area contributed by atoms with Crippen LogP contribution in [0.25, 0.3) is 0 Å². The quantitative estimate of drug-likeness (QED) is 0.565. The highest BCUT2D eigenvalue weighted by Gasteiger charge is 2.26. The minimum atomic E-state index is -3.89. The molecular formula is C21H20ClN3O3S. The van der Waals surface area contributed by atoms with Crippen molar-refractivity contribution >= 4 is 44.7 Å². The van der Waals surface area contributed by atoms with E-state index in [1.54, 1.807) is 73.7 Å². The van der Waals surface area contributed by atoms with Gasteiger partial charge in [-0.05, 0) is 49.4 Å². The van der Waals surface area contributed by atoms with Gasteiger partial charge < -0.3 is 10.6 Å². The zero-order chi connectivity index (χ0) is 20.9. The molecule has 150 valence electrons. The lowest BCUT2D eigenvalue weighted by atomic mass is 10.3. The molecule has 2 N–H and O–H groups in total. The van der Waals surface area contributed by atoms with Crippen LogP contribution in [0, 0.1) is 0 Å². The van der Waals surface area contributed by atoms with Crippen molar-refractivity contribution in [2.75, 3.05) is 21.5 Å². The van der Waals surface area contributed by atoms with Crippen molar-refractivity contribution in [3.8, 4) is 0 Å². The molecule has 6 nitrogen and oxygen atoms in total. The predicted octanol–water partition coefficient (Wildman–Crippen LogP) is 5.20. The first-order valence-corrected chi connectivity index (χ1v) is 10.7. The van der Waals surface area contributed by atoms with Crippen LogP contribution in [0.1, 0.15) is 6.92 Å². The van der Waals surface area contributed by atoms with Crippen LogP contribution >= 0.6 is 11.6 Å². The molecule has 0 spiro atoms. The van der Waals surface area contributed by atoms with Crippen LogP contribution < -0.4 is 14.9 Å². The van der Waals surface area contributed by atoms with Crippen LogP contribution in [0.4, 0.5) is 21.9 Å². The number of urea groups is 1. The van der Waals surface area contributed by atoms with Crippen LogP contribution in [0.15, 0.2) is 83.8 Å². The minimum Gasteiger partial charge on any atom is -0.308 e. The number of sulfonamides is 1. The minimum absolute atomic E-state index is 0.00643. The standard InChI is InChI=1S/C21H20ClN3O3S/c1-2-25(18-11-4-3-5-12-18)29(27,28)20-14-7-6-13-19(20)24-21(26)23-17-10-8-9-16(22)15-17/h3-15H,2H2,1H3,(H2,23,24,26). The fourth-order valence-electron chi connectivity index (χ4n) is 2.85. The van der Waals surface area contributed by atoms with Crippen molar-refractivity contribution in [3.05, 3.63) is 83.9 Å². The highest BCUT2D eigenvalue weighted by Crippen LogP contribution is 2.28. The normalized spacial score (nSPS) is 11.0. The number of hydrogen-bond donors (Lipinski definition) is 2. The first-order valence-electron chi connectivity index (χ1n) is 8.92. The maximum Gasteiger partial charge on any atom is 0.323 e. The van der Waals surface area contributed by atoms with Gasteiger partial charge in [0.05, 0.1) is 11.4 Å². The summed E-state index contributed by atoms with van der Waals surface area (Å²) in [4.78, 5) is 12.4. The zero-order valence-electron chi connectivity index (χ0n) is 15.7. The maximum atomic E-state index is 13.3. The summed E-state index contributed by atoms with van der Waals surface area (Å²) in [6, 6.07) is 21.2. The van der Waals surface area contributed by atoms with E-state index in [2.05, 4.69) is 10.6 Å². The van der Waals surface area contributed by atoms with Crippen LogP contribution in [-0.4, -0.2) is 21.0 Å². The number of amides is 2. The largest absolute Gasteiger partial charge is 0.323 e. The van der Waals surface area contributed by atoms with Gasteiger partial charge in [-0.2, -0.15) is 0 Å². The van der Waals surface area contributed by atoms with Crippen molar-refractivity contribution in [3.63, 3.8) is 0 Å². The smallest absolute Gasteiger partial charge is 0.308 e. The number of carbonyl (C=O) groups is 1. The Hall–Kier alpha value is -3.03. The van der Waals surface area contributed by atoms with E-state index in [1.807, 2.05) is 6.07 Å². The third-order valence-electron chi connectivity index (χ3n) is 4.12. The summed E-state index contributed by atoms with van der Waals surface area (Å²) in [6.45, 7) is 2.00. The SMILES string of the molecule is CCN(c1ccccc1)S(=O)(=O)c1ccccc1NC(=O)Nc1cccc(Cl)c1. The second-order valence-corrected chi connectivity index (χ2v) is 8.36. The number of benzene rings is 3. The Labute approximate surface area is 175 Å². The number of para-hydroxylation sites is 2. The van der Waals surface area contributed by atoms with Crippen LogP contribution in [-0.2, 0) is 10.0 Å². The van der Waals surface area contributed by atoms with Gasteiger partial charge in [0.15, 0.2) is 0 Å². The molecule has 3 aromatic carbocycles. The predicted molar refractivity (Wildman–Crippen MR) is 117 cm³/mol. The summed E-state index contributed by atoms with van der Waals surface area (Å²) in [5.74, 6) is 0. The Bertz CT molecular complexity index is 1100. The Kier molecular flexibility index (Phi) is 6.41. The molecule has 0 radical (unpaired) electrons. The molecule has 0 bridgehead atoms. The summed E-state index contributed by atoms with van der Waals surface area (Å²) >= 11 is 5.93. The van der Waals surface area contributed by atoms with Crippen molar-refractivity contribution in [2.45, 2.75) is 11.8 Å². The molecule has 0 heterocycles. The van der Waals surface area contributed by atoms with Gasteiger partial charge in [0, 0.05) is 17.3 Å². The molecule has 0 fully saturated rings. The number of nitrogens with zero attached hydrogens (tertiary/aromatic N) is 1. The molecule has 0 unspecified atom stereocenters. The van der Waals surface area contributed by atoms with Gasteiger partial charge in [0.1, 0.15) is 4.90 Å². The third kappa shape index (κ3) is 4.88. The van der Waals surface area contributed by atoms with E-state index in [0.29, 0.717) is 16.4 Å². The third-order valence-corrected chi connectivity index (χ3v) is 6.31. The molecule has 29 heavy (non-hydrogen) atoms. The molecule has 0 aliphatic rings. The molecule has 3 rings (SSSR count). The van der Waals surface area contributed by atoms with E-state index in [-0.39, 0.29) is 17.1 Å². The van der Waals surface area contributed by atoms with Crippen molar-refractivity contribution < 1.29 is 13.2 Å². The van der Waals surface area contributed by atoms with Crippen LogP contribution in [0.3, 0.4) is 0 Å². The molecule has 0 aliphatic heterocycles. The molecule has 0 saturated carbocycles. The van der Waals surface area contributed by atoms with E-state index in [1.165, 1.54) is 10.4 Å². The fourth-order valence-corrected chi connectivity index (χ4v) is 4.66. The second kappa shape index (κ2) is 8.98. The van der Waals surface area contributed by atoms with E-state index >= 15 is 0 Å². The van der Waals surface area contributed by atoms with Crippen molar-refractivity contribution in [2.24, 2.45) is 0 Å². The zero-order valence-corrected chi connectivity index (χ0v) is 17.2. The lowest BCUT2D eigenvalue weighted by Crippen LogP contribution is -2.32. The number of anilines is 3. The van der Waals surface area contributed by atoms with Crippen molar-refractivity contribution in [1.29, 1.82) is 0 Å². The molecule has 8 heteroatoms. The summed E-state index contributed by atoms with van der Waals surface area (Å²) < 4.78 is 27.9. The van der Waals surface area contributed by atoms with Gasteiger partial charge in [0.25, 0.3) is 10.0 Å². The second-order valence-electron chi connectivity index (χ2n) is 6.09. The summed E-state index contributed by atoms with van der Waals surface area (Å²) in [5.41, 5.74) is 1.23. The number of halogens is 1. The maximum absolute atomic E-state index is 13.3. The highest BCUT2D eigenvalue weighted by atomic mass is 35.5. The van der Waals surface area contributed by atoms with Gasteiger partial charge in [-0.1, -0.05) is 48.0 Å². The number of nitrogens with one attached hydrogen (secondary N) is 2. The number of rotatable bonds is 6. The lowest BCUT2D eigenvalue weighted by molar-refractivity contribution is 0.262. The van der Waals surface area contributed by atoms with Gasteiger partial charge in [0.2, 0.25) is 0 Å². The summed E-state index contributed by atoms with van der Waals surface area (Å²) in [5, 5.41) is 5.74. The molecule has 0 saturated heterocycles. The van der Waals surface area contributed by atoms with E-state index in [4.69, 9.17) is 11.6 Å². The molecule has 0 aromatic heterocycles. The van der Waals surface area contributed by atoms with Gasteiger partial charge in [-0.3, -0.25) is 4.31 Å². The Morgan fingerprint density at radius 1 is 0.931 bits per heavy atom. The van der Waals surface area contributed by atoms with Gasteiger partial charge >= 0.3 is 6.03 Å². The van der Waals surface area contributed by atoms with Crippen LogP contribution in [0.2, 0.25) is 5.02 Å². The summed E-state index contributed by atoms with van der Waals surface area (Å²) in [6.07, 6.45) is 0. The molecule has 3 aromatic rings. The van der Waals surface area contributed by atoms with Gasteiger partial charge in [-0.15, -0.1) is 0 Å². The lowest BCUT2D eigenvalue weighted by Gasteiger charge is -2.24. The van der Waals surface area contributed by atoms with E-state index in [0.717, 1.165) is 0 Å². The topological polar surface area (TPSA) is 78.5 Å². The molecular weight excluding hydrogens is 410 g/mol. The Morgan fingerprint density at radius 2 is 1.62 bits per heavy atom. The van der Waals surface area contributed by atoms with Gasteiger partial charge in [-0.25, -0.2) is 13.2 Å². The van der Waals surface area contributed by atoms with E-state index in [9.17, 15) is 13.2 Å².